The van der Waals surface area contributed by atoms with E-state index in [1.807, 2.05) is 4.90 Å². The van der Waals surface area contributed by atoms with Crippen molar-refractivity contribution in [1.29, 1.82) is 0 Å². The maximum atomic E-state index is 13.2. The van der Waals surface area contributed by atoms with E-state index in [0.717, 1.165) is 5.69 Å². The lowest BCUT2D eigenvalue weighted by molar-refractivity contribution is -0.384. The molecule has 0 bridgehead atoms. The number of carbonyl (C=O) groups excluding carboxylic acids is 2. The number of hydrogen-bond donors (Lipinski definition) is 0. The lowest BCUT2D eigenvalue weighted by atomic mass is 10.1. The molecule has 0 radical (unpaired) electrons. The van der Waals surface area contributed by atoms with Gasteiger partial charge >= 0.3 is 0 Å². The lowest BCUT2D eigenvalue weighted by Crippen LogP contribution is -2.52. The number of piperazine rings is 1. The molecule has 2 aromatic carbocycles. The first-order valence-electron chi connectivity index (χ1n) is 10.2. The molecule has 10 heteroatoms. The molecule has 2 saturated heterocycles. The highest BCUT2D eigenvalue weighted by Crippen LogP contribution is 2.33. The summed E-state index contributed by atoms with van der Waals surface area (Å²) in [6, 6.07) is 10.9. The Morgan fingerprint density at radius 2 is 1.50 bits per heavy atom. The zero-order valence-electron chi connectivity index (χ0n) is 17.9. The van der Waals surface area contributed by atoms with Crippen LogP contribution >= 0.6 is 0 Å². The highest BCUT2D eigenvalue weighted by molar-refractivity contribution is 6.22. The molecule has 2 aliphatic heterocycles. The smallest absolute Gasteiger partial charge is 0.269 e. The minimum absolute atomic E-state index is 0.0525. The van der Waals surface area contributed by atoms with E-state index in [1.54, 1.807) is 30.3 Å². The van der Waals surface area contributed by atoms with Gasteiger partial charge in [0.2, 0.25) is 5.91 Å². The number of amides is 2. The average molecular weight is 440 g/mol. The summed E-state index contributed by atoms with van der Waals surface area (Å²) >= 11 is 0. The van der Waals surface area contributed by atoms with E-state index < -0.39 is 11.0 Å². The molecule has 10 nitrogen and oxygen atoms in total. The third kappa shape index (κ3) is 4.09. The summed E-state index contributed by atoms with van der Waals surface area (Å²) in [5.74, 6) is 0.488. The van der Waals surface area contributed by atoms with Crippen LogP contribution < -0.4 is 19.3 Å². The Hall–Kier alpha value is -3.66. The molecule has 2 fully saturated rings. The van der Waals surface area contributed by atoms with Crippen LogP contribution in [0.25, 0.3) is 0 Å². The molecule has 2 heterocycles. The Kier molecular flexibility index (Phi) is 5.95. The van der Waals surface area contributed by atoms with Crippen molar-refractivity contribution in [2.24, 2.45) is 0 Å². The number of benzene rings is 2. The van der Waals surface area contributed by atoms with Crippen molar-refractivity contribution in [2.75, 3.05) is 50.2 Å². The van der Waals surface area contributed by atoms with E-state index in [2.05, 4.69) is 4.90 Å². The van der Waals surface area contributed by atoms with Crippen LogP contribution in [-0.4, -0.2) is 68.1 Å². The number of rotatable bonds is 6. The van der Waals surface area contributed by atoms with E-state index in [0.29, 0.717) is 43.4 Å². The van der Waals surface area contributed by atoms with Crippen molar-refractivity contribution in [1.82, 2.24) is 4.90 Å². The molecule has 2 aliphatic rings. The third-order valence-electron chi connectivity index (χ3n) is 5.90. The van der Waals surface area contributed by atoms with E-state index in [1.165, 1.54) is 31.3 Å². The largest absolute Gasteiger partial charge is 0.497 e. The maximum absolute atomic E-state index is 13.2. The standard InChI is InChI=1S/C22H24N4O6/c1-31-18-11-17(12-19(13-18)32-2)25-21(27)14-20(22(25)28)24-9-7-23(8-10-24)15-3-5-16(6-4-15)26(29)30/h3-6,11-13,20H,7-10,14H2,1-2H3/t20-/m0/s1. The molecule has 4 rings (SSSR count). The summed E-state index contributed by atoms with van der Waals surface area (Å²) < 4.78 is 10.5. The Morgan fingerprint density at radius 3 is 2.03 bits per heavy atom. The minimum Gasteiger partial charge on any atom is -0.497 e. The van der Waals surface area contributed by atoms with Gasteiger partial charge in [-0.3, -0.25) is 24.6 Å². The van der Waals surface area contributed by atoms with Gasteiger partial charge in [0.25, 0.3) is 11.6 Å². The average Bonchev–Trinajstić information content (AvgIpc) is 3.12. The molecule has 0 aromatic heterocycles. The maximum Gasteiger partial charge on any atom is 0.269 e. The van der Waals surface area contributed by atoms with Gasteiger partial charge in [-0.25, -0.2) is 4.90 Å². The highest BCUT2D eigenvalue weighted by Gasteiger charge is 2.43. The molecule has 168 valence electrons. The first-order valence-corrected chi connectivity index (χ1v) is 10.2. The van der Waals surface area contributed by atoms with Gasteiger partial charge in [-0.2, -0.15) is 0 Å². The van der Waals surface area contributed by atoms with Crippen LogP contribution in [0.5, 0.6) is 11.5 Å². The van der Waals surface area contributed by atoms with Crippen molar-refractivity contribution < 1.29 is 24.0 Å². The minimum atomic E-state index is -0.515. The van der Waals surface area contributed by atoms with Gasteiger partial charge in [0.1, 0.15) is 11.5 Å². The van der Waals surface area contributed by atoms with Crippen LogP contribution in [0.3, 0.4) is 0 Å². The van der Waals surface area contributed by atoms with Gasteiger partial charge in [0, 0.05) is 62.2 Å². The molecule has 0 N–H and O–H groups in total. The molecule has 0 spiro atoms. The normalized spacial score (nSPS) is 19.4. The summed E-state index contributed by atoms with van der Waals surface area (Å²) in [7, 11) is 3.03. The van der Waals surface area contributed by atoms with E-state index in [9.17, 15) is 19.7 Å². The van der Waals surface area contributed by atoms with Crippen LogP contribution in [0.2, 0.25) is 0 Å². The molecule has 1 atom stereocenters. The number of imide groups is 1. The van der Waals surface area contributed by atoms with E-state index >= 15 is 0 Å². The molecule has 0 saturated carbocycles. The van der Waals surface area contributed by atoms with Crippen LogP contribution in [0.4, 0.5) is 17.1 Å². The molecule has 0 aliphatic carbocycles. The van der Waals surface area contributed by atoms with Gasteiger partial charge in [-0.05, 0) is 12.1 Å². The predicted molar refractivity (Wildman–Crippen MR) is 117 cm³/mol. The summed E-state index contributed by atoms with van der Waals surface area (Å²) in [6.07, 6.45) is 0.121. The van der Waals surface area contributed by atoms with Gasteiger partial charge in [-0.1, -0.05) is 0 Å². The number of carbonyl (C=O) groups is 2. The Bertz CT molecular complexity index is 1010. The second-order valence-electron chi connectivity index (χ2n) is 7.65. The number of nitro benzene ring substituents is 1. The van der Waals surface area contributed by atoms with Crippen LogP contribution in [-0.2, 0) is 9.59 Å². The topological polar surface area (TPSA) is 105 Å². The number of hydrogen-bond acceptors (Lipinski definition) is 8. The fourth-order valence-electron chi connectivity index (χ4n) is 4.17. The van der Waals surface area contributed by atoms with Gasteiger partial charge in [-0.15, -0.1) is 0 Å². The first kappa shape index (κ1) is 21.6. The highest BCUT2D eigenvalue weighted by atomic mass is 16.6. The monoisotopic (exact) mass is 440 g/mol. The van der Waals surface area contributed by atoms with Crippen molar-refractivity contribution in [3.8, 4) is 11.5 Å². The van der Waals surface area contributed by atoms with Crippen LogP contribution in [0, 0.1) is 10.1 Å². The second-order valence-corrected chi connectivity index (χ2v) is 7.65. The number of non-ortho nitro benzene ring substituents is 1. The zero-order valence-corrected chi connectivity index (χ0v) is 17.9. The molecule has 2 amide bonds. The summed E-state index contributed by atoms with van der Waals surface area (Å²) in [5, 5.41) is 10.8. The van der Waals surface area contributed by atoms with Crippen molar-refractivity contribution in [3.63, 3.8) is 0 Å². The van der Waals surface area contributed by atoms with E-state index in [-0.39, 0.29) is 23.9 Å². The second kappa shape index (κ2) is 8.83. The SMILES string of the molecule is COc1cc(OC)cc(N2C(=O)C[C@H](N3CCN(c4ccc([N+](=O)[O-])cc4)CC3)C2=O)c1. The third-order valence-corrected chi connectivity index (χ3v) is 5.90. The van der Waals surface area contributed by atoms with Crippen molar-refractivity contribution in [2.45, 2.75) is 12.5 Å². The number of ether oxygens (including phenoxy) is 2. The molecular formula is C22H24N4O6. The predicted octanol–water partition coefficient (Wildman–Crippen LogP) is 2.07. The number of anilines is 2. The summed E-state index contributed by atoms with van der Waals surface area (Å²) in [4.78, 5) is 41.7. The fourth-order valence-corrected chi connectivity index (χ4v) is 4.17. The molecular weight excluding hydrogens is 416 g/mol. The Labute approximate surface area is 185 Å². The van der Waals surface area contributed by atoms with Gasteiger partial charge in [0.15, 0.2) is 0 Å². The lowest BCUT2D eigenvalue weighted by Gasteiger charge is -2.38. The molecule has 0 unspecified atom stereocenters. The Morgan fingerprint density at radius 1 is 0.906 bits per heavy atom. The molecule has 2 aromatic rings. The summed E-state index contributed by atoms with van der Waals surface area (Å²) in [5.41, 5.74) is 1.38. The van der Waals surface area contributed by atoms with Crippen molar-refractivity contribution >= 4 is 28.9 Å². The quantitative estimate of drug-likeness (QED) is 0.382. The van der Waals surface area contributed by atoms with Gasteiger partial charge in [0.05, 0.1) is 37.3 Å². The number of methoxy groups -OCH3 is 2. The van der Waals surface area contributed by atoms with Crippen LogP contribution in [0.1, 0.15) is 6.42 Å². The van der Waals surface area contributed by atoms with E-state index in [4.69, 9.17) is 9.47 Å². The Balaban J connectivity index is 1.44. The van der Waals surface area contributed by atoms with Crippen LogP contribution in [0.15, 0.2) is 42.5 Å². The number of nitrogens with zero attached hydrogens (tertiary/aromatic N) is 4. The van der Waals surface area contributed by atoms with Gasteiger partial charge < -0.3 is 14.4 Å². The summed E-state index contributed by atoms with van der Waals surface area (Å²) in [6.45, 7) is 2.53. The number of nitro groups is 1. The first-order chi connectivity index (χ1) is 15.4. The zero-order chi connectivity index (χ0) is 22.8. The fraction of sp³-hybridized carbons (Fsp3) is 0.364. The van der Waals surface area contributed by atoms with Crippen molar-refractivity contribution in [3.05, 3.63) is 52.6 Å². The molecule has 32 heavy (non-hydrogen) atoms.